The summed E-state index contributed by atoms with van der Waals surface area (Å²) in [4.78, 5) is 9.76. The van der Waals surface area contributed by atoms with Gasteiger partial charge in [-0.3, -0.25) is 8.98 Å². The Hall–Kier alpha value is 0.110. The summed E-state index contributed by atoms with van der Waals surface area (Å²) >= 11 is 7.72. The van der Waals surface area contributed by atoms with Crippen LogP contribution in [0.2, 0.25) is 0 Å². The molecular weight excluding hydrogens is 222 g/mol. The molecule has 5 nitrogen and oxygen atoms in total. The van der Waals surface area contributed by atoms with Crippen molar-refractivity contribution < 1.29 is 18.3 Å². The summed E-state index contributed by atoms with van der Waals surface area (Å²) in [5, 5.41) is 8.01. The number of hydrogen-bond donors (Lipinski definition) is 4. The van der Waals surface area contributed by atoms with E-state index in [1.807, 2.05) is 0 Å². The van der Waals surface area contributed by atoms with Crippen molar-refractivity contribution in [1.29, 1.82) is 0 Å². The van der Waals surface area contributed by atoms with Gasteiger partial charge >= 0.3 is 5.97 Å². The van der Waals surface area contributed by atoms with Crippen molar-refractivity contribution >= 4 is 39.4 Å². The van der Waals surface area contributed by atoms with E-state index in [9.17, 15) is 9.00 Å². The Bertz CT molecular complexity index is 185. The zero-order chi connectivity index (χ0) is 10.1. The Morgan fingerprint density at radius 3 is 2.25 bits per heavy atom. The first-order valence-electron chi connectivity index (χ1n) is 2.73. The molecule has 0 fully saturated rings. The van der Waals surface area contributed by atoms with E-state index in [1.54, 1.807) is 0 Å². The summed E-state index contributed by atoms with van der Waals surface area (Å²) in [6.07, 6.45) is 0. The minimum Gasteiger partial charge on any atom is -0.480 e. The Kier molecular flexibility index (Phi) is 11.2. The highest BCUT2D eigenvalue weighted by atomic mass is 32.8. The first kappa shape index (κ1) is 14.6. The average molecular weight is 233 g/mol. The molecule has 8 heteroatoms. The van der Waals surface area contributed by atoms with Crippen molar-refractivity contribution in [3.63, 3.8) is 0 Å². The van der Waals surface area contributed by atoms with Gasteiger partial charge in [0.25, 0.3) is 0 Å². The molecule has 0 aliphatic carbocycles. The highest BCUT2D eigenvalue weighted by Gasteiger charge is 2.06. The van der Waals surface area contributed by atoms with Gasteiger partial charge in [-0.25, -0.2) is 4.21 Å². The lowest BCUT2D eigenvalue weighted by Gasteiger charge is -1.96. The summed E-state index contributed by atoms with van der Waals surface area (Å²) in [5.41, 5.74) is 4.94. The molecule has 0 radical (unpaired) electrons. The van der Waals surface area contributed by atoms with Gasteiger partial charge in [0.05, 0.1) is 7.11 Å². The van der Waals surface area contributed by atoms with Crippen LogP contribution in [0, 0.1) is 0 Å². The van der Waals surface area contributed by atoms with Gasteiger partial charge in [0, 0.05) is 16.9 Å². The Morgan fingerprint density at radius 2 is 2.25 bits per heavy atom. The second-order valence-corrected chi connectivity index (χ2v) is 3.61. The van der Waals surface area contributed by atoms with Gasteiger partial charge in [-0.15, -0.1) is 0 Å². The Morgan fingerprint density at radius 1 is 1.92 bits per heavy atom. The molecular formula is C4H11NO4S3. The first-order chi connectivity index (χ1) is 5.45. The molecule has 0 aliphatic heterocycles. The molecule has 0 saturated heterocycles. The summed E-state index contributed by atoms with van der Waals surface area (Å²) in [5.74, 6) is -0.815. The van der Waals surface area contributed by atoms with Crippen LogP contribution in [0.3, 0.4) is 0 Å². The highest BCUT2D eigenvalue weighted by Crippen LogP contribution is 1.80. The third kappa shape index (κ3) is 12.8. The third-order valence-corrected chi connectivity index (χ3v) is 1.80. The highest BCUT2D eigenvalue weighted by molar-refractivity contribution is 8.19. The maximum absolute atomic E-state index is 9.76. The van der Waals surface area contributed by atoms with Crippen molar-refractivity contribution in [2.75, 3.05) is 12.9 Å². The molecule has 2 atom stereocenters. The second kappa shape index (κ2) is 9.20. The lowest BCUT2D eigenvalue weighted by atomic mass is 10.4. The van der Waals surface area contributed by atoms with Crippen LogP contribution < -0.4 is 5.73 Å². The zero-order valence-corrected chi connectivity index (χ0v) is 8.94. The quantitative estimate of drug-likeness (QED) is 0.459. The van der Waals surface area contributed by atoms with Crippen LogP contribution in [0.5, 0.6) is 0 Å². The predicted octanol–water partition coefficient (Wildman–Crippen LogP) is -1.18. The lowest BCUT2D eigenvalue weighted by molar-refractivity contribution is -0.137. The fourth-order valence-corrected chi connectivity index (χ4v) is 0.234. The summed E-state index contributed by atoms with van der Waals surface area (Å²) in [6.45, 7) is 0. The fraction of sp³-hybridized carbons (Fsp3) is 0.750. The van der Waals surface area contributed by atoms with Crippen LogP contribution in [-0.4, -0.2) is 34.2 Å². The van der Waals surface area contributed by atoms with Gasteiger partial charge in [-0.05, 0) is 0 Å². The average Bonchev–Trinajstić information content (AvgIpc) is 2.04. The maximum Gasteiger partial charge on any atom is 0.321 e. The van der Waals surface area contributed by atoms with E-state index >= 15 is 0 Å². The van der Waals surface area contributed by atoms with Crippen LogP contribution in [-0.2, 0) is 29.8 Å². The van der Waals surface area contributed by atoms with Crippen molar-refractivity contribution in [1.82, 2.24) is 0 Å². The van der Waals surface area contributed by atoms with Crippen LogP contribution in [0.1, 0.15) is 0 Å². The van der Waals surface area contributed by atoms with Gasteiger partial charge in [0.15, 0.2) is 0 Å². The minimum absolute atomic E-state index is 0.190. The topological polar surface area (TPSA) is 89.6 Å². The molecule has 0 rings (SSSR count). The van der Waals surface area contributed by atoms with Crippen LogP contribution in [0.25, 0.3) is 0 Å². The van der Waals surface area contributed by atoms with Gasteiger partial charge in [-0.2, -0.15) is 12.6 Å². The molecule has 12 heavy (non-hydrogen) atoms. The molecule has 0 spiro atoms. The third-order valence-electron chi connectivity index (χ3n) is 0.663. The van der Waals surface area contributed by atoms with Crippen LogP contribution >= 0.6 is 12.6 Å². The number of rotatable bonds is 3. The summed E-state index contributed by atoms with van der Waals surface area (Å²) < 4.78 is 13.6. The maximum atomic E-state index is 9.76. The number of aliphatic carboxylic acids is 1. The minimum atomic E-state index is -1.76. The molecule has 0 amide bonds. The van der Waals surface area contributed by atoms with Crippen LogP contribution in [0.15, 0.2) is 0 Å². The van der Waals surface area contributed by atoms with Crippen molar-refractivity contribution in [2.45, 2.75) is 6.04 Å². The van der Waals surface area contributed by atoms with Gasteiger partial charge in [-0.1, -0.05) is 0 Å². The van der Waals surface area contributed by atoms with E-state index in [2.05, 4.69) is 28.0 Å². The number of nitrogens with two attached hydrogens (primary N) is 1. The number of carbonyl (C=O) groups is 1. The largest absolute Gasteiger partial charge is 0.480 e. The van der Waals surface area contributed by atoms with Crippen LogP contribution in [0.4, 0.5) is 0 Å². The molecule has 3 N–H and O–H groups in total. The SMILES string of the molecule is CO[SH](=O)=S.NC(CS)C(=O)O. The molecule has 0 bridgehead atoms. The van der Waals surface area contributed by atoms with E-state index in [1.165, 1.54) is 7.11 Å². The van der Waals surface area contributed by atoms with Gasteiger partial charge in [0.1, 0.15) is 15.7 Å². The van der Waals surface area contributed by atoms with E-state index in [0.717, 1.165) is 0 Å². The summed E-state index contributed by atoms with van der Waals surface area (Å²) in [6, 6.07) is -0.816. The predicted molar refractivity (Wildman–Crippen MR) is 53.4 cm³/mol. The molecule has 74 valence electrons. The number of carboxylic acids is 1. The molecule has 0 aromatic heterocycles. The number of carboxylic acid groups (broad SMARTS) is 1. The molecule has 0 aromatic rings. The van der Waals surface area contributed by atoms with Gasteiger partial charge < -0.3 is 10.8 Å². The van der Waals surface area contributed by atoms with Crippen molar-refractivity contribution in [2.24, 2.45) is 5.73 Å². The first-order valence-corrected chi connectivity index (χ1v) is 5.55. The van der Waals surface area contributed by atoms with Gasteiger partial charge in [0.2, 0.25) is 0 Å². The molecule has 0 heterocycles. The number of hydrogen-bond acceptors (Lipinski definition) is 6. The second-order valence-electron chi connectivity index (χ2n) is 1.53. The fourth-order valence-electron chi connectivity index (χ4n) is 0.0781. The molecule has 0 aromatic carbocycles. The van der Waals surface area contributed by atoms with Crippen molar-refractivity contribution in [3.05, 3.63) is 0 Å². The normalized spacial score (nSPS) is 13.9. The molecule has 0 aliphatic rings. The Labute approximate surface area is 82.6 Å². The van der Waals surface area contributed by atoms with Crippen molar-refractivity contribution in [3.8, 4) is 0 Å². The molecule has 0 saturated carbocycles. The zero-order valence-electron chi connectivity index (χ0n) is 6.34. The monoisotopic (exact) mass is 233 g/mol. The summed E-state index contributed by atoms with van der Waals surface area (Å²) in [7, 11) is -0.454. The van der Waals surface area contributed by atoms with E-state index in [0.29, 0.717) is 0 Å². The van der Waals surface area contributed by atoms with E-state index in [4.69, 9.17) is 10.8 Å². The molecule has 2 unspecified atom stereocenters. The number of thiol groups is 2. The Balaban J connectivity index is 0. The lowest BCUT2D eigenvalue weighted by Crippen LogP contribution is -2.31. The standard InChI is InChI=1S/C3H7NO2S.CH4O2S2/c4-2(1-7)3(5)6;1-3-5(2)4/h2,7H,1,4H2,(H,5,6);5H,1H3. The van der Waals surface area contributed by atoms with E-state index in [-0.39, 0.29) is 5.75 Å². The smallest absolute Gasteiger partial charge is 0.321 e. The van der Waals surface area contributed by atoms with E-state index < -0.39 is 21.7 Å².